The largest absolute Gasteiger partial charge is 0.373 e. The number of guanidine groups is 1. The lowest BCUT2D eigenvalue weighted by Crippen LogP contribution is -2.42. The number of hydrogen-bond donors (Lipinski definition) is 2. The van der Waals surface area contributed by atoms with Crippen molar-refractivity contribution in [3.63, 3.8) is 0 Å². The minimum atomic E-state index is 0. The predicted molar refractivity (Wildman–Crippen MR) is 124 cm³/mol. The van der Waals surface area contributed by atoms with Gasteiger partial charge in [-0.3, -0.25) is 4.99 Å². The van der Waals surface area contributed by atoms with Gasteiger partial charge >= 0.3 is 0 Å². The number of ether oxygens (including phenoxy) is 1. The van der Waals surface area contributed by atoms with Gasteiger partial charge in [0.05, 0.1) is 6.10 Å². The zero-order valence-corrected chi connectivity index (χ0v) is 18.8. The van der Waals surface area contributed by atoms with E-state index in [0.29, 0.717) is 5.92 Å². The molecule has 1 fully saturated rings. The van der Waals surface area contributed by atoms with Gasteiger partial charge in [0.2, 0.25) is 0 Å². The quantitative estimate of drug-likeness (QED) is 0.264. The van der Waals surface area contributed by atoms with Crippen molar-refractivity contribution in [2.45, 2.75) is 51.0 Å². The van der Waals surface area contributed by atoms with Gasteiger partial charge in [0.1, 0.15) is 0 Å². The summed E-state index contributed by atoms with van der Waals surface area (Å²) >= 11 is 0. The van der Waals surface area contributed by atoms with Gasteiger partial charge in [0.25, 0.3) is 0 Å². The van der Waals surface area contributed by atoms with E-state index in [2.05, 4.69) is 52.0 Å². The van der Waals surface area contributed by atoms with Gasteiger partial charge < -0.3 is 15.4 Å². The Morgan fingerprint density at radius 1 is 1.15 bits per heavy atom. The fourth-order valence-corrected chi connectivity index (χ4v) is 3.99. The first-order valence-electron chi connectivity index (χ1n) is 10.2. The van der Waals surface area contributed by atoms with Gasteiger partial charge in [-0.2, -0.15) is 0 Å². The molecular weight excluding hydrogens is 449 g/mol. The molecule has 1 aromatic carbocycles. The van der Waals surface area contributed by atoms with Crippen LogP contribution in [0.3, 0.4) is 0 Å². The van der Waals surface area contributed by atoms with E-state index in [0.717, 1.165) is 38.5 Å². The van der Waals surface area contributed by atoms with Crippen LogP contribution in [0.2, 0.25) is 0 Å². The summed E-state index contributed by atoms with van der Waals surface area (Å²) < 4.78 is 6.10. The van der Waals surface area contributed by atoms with Crippen LogP contribution in [0.4, 0.5) is 0 Å². The van der Waals surface area contributed by atoms with Gasteiger partial charge in [-0.15, -0.1) is 24.0 Å². The van der Waals surface area contributed by atoms with Crippen LogP contribution in [0, 0.1) is 5.92 Å². The lowest BCUT2D eigenvalue weighted by molar-refractivity contribution is -0.0265. The maximum absolute atomic E-state index is 6.10. The van der Waals surface area contributed by atoms with Crippen molar-refractivity contribution >= 4 is 29.9 Å². The molecule has 27 heavy (non-hydrogen) atoms. The molecule has 0 bridgehead atoms. The van der Waals surface area contributed by atoms with Crippen LogP contribution in [0.1, 0.15) is 56.6 Å². The first-order valence-corrected chi connectivity index (χ1v) is 10.2. The van der Waals surface area contributed by atoms with E-state index in [1.807, 2.05) is 7.05 Å². The Bertz CT molecular complexity index is 603. The highest BCUT2D eigenvalue weighted by Gasteiger charge is 2.27. The molecule has 1 aliphatic heterocycles. The third-order valence-corrected chi connectivity index (χ3v) is 5.45. The number of nitrogens with zero attached hydrogens (tertiary/aromatic N) is 1. The van der Waals surface area contributed by atoms with E-state index in [-0.39, 0.29) is 30.1 Å². The van der Waals surface area contributed by atoms with Crippen LogP contribution < -0.4 is 10.6 Å². The van der Waals surface area contributed by atoms with Crippen LogP contribution >= 0.6 is 24.0 Å². The highest BCUT2D eigenvalue weighted by atomic mass is 127. The van der Waals surface area contributed by atoms with E-state index in [4.69, 9.17) is 4.74 Å². The average Bonchev–Trinajstić information content (AvgIpc) is 2.72. The van der Waals surface area contributed by atoms with E-state index < -0.39 is 0 Å². The second kappa shape index (κ2) is 12.4. The molecule has 1 saturated heterocycles. The van der Waals surface area contributed by atoms with Crippen LogP contribution in [0.15, 0.2) is 47.0 Å². The number of benzene rings is 1. The summed E-state index contributed by atoms with van der Waals surface area (Å²) in [4.78, 5) is 4.39. The predicted octanol–water partition coefficient (Wildman–Crippen LogP) is 4.83. The lowest BCUT2D eigenvalue weighted by Gasteiger charge is -2.32. The number of allylic oxidation sites excluding steroid dienone is 1. The van der Waals surface area contributed by atoms with Gasteiger partial charge in [0, 0.05) is 32.7 Å². The zero-order chi connectivity index (χ0) is 18.0. The Kier molecular flexibility index (Phi) is 10.2. The maximum atomic E-state index is 6.10. The molecule has 2 N–H and O–H groups in total. The third-order valence-electron chi connectivity index (χ3n) is 5.45. The minimum Gasteiger partial charge on any atom is -0.373 e. The van der Waals surface area contributed by atoms with E-state index >= 15 is 0 Å². The number of nitrogens with one attached hydrogen (secondary N) is 2. The Balaban J connectivity index is 0.00000261. The van der Waals surface area contributed by atoms with E-state index in [9.17, 15) is 0 Å². The molecule has 1 aliphatic carbocycles. The van der Waals surface area contributed by atoms with Crippen LogP contribution in [-0.4, -0.2) is 32.7 Å². The first-order chi connectivity index (χ1) is 12.9. The highest BCUT2D eigenvalue weighted by molar-refractivity contribution is 14.0. The Morgan fingerprint density at radius 2 is 2.00 bits per heavy atom. The molecule has 3 rings (SSSR count). The smallest absolute Gasteiger partial charge is 0.190 e. The number of rotatable bonds is 6. The molecule has 2 atom stereocenters. The summed E-state index contributed by atoms with van der Waals surface area (Å²) in [6.07, 6.45) is 11.3. The average molecular weight is 483 g/mol. The summed E-state index contributed by atoms with van der Waals surface area (Å²) in [6.45, 7) is 2.70. The van der Waals surface area contributed by atoms with Crippen LogP contribution in [0.5, 0.6) is 0 Å². The molecule has 1 heterocycles. The van der Waals surface area contributed by atoms with Crippen molar-refractivity contribution in [1.29, 1.82) is 0 Å². The highest BCUT2D eigenvalue weighted by Crippen LogP contribution is 2.33. The third kappa shape index (κ3) is 7.11. The second-order valence-corrected chi connectivity index (χ2v) is 7.34. The monoisotopic (exact) mass is 483 g/mol. The lowest BCUT2D eigenvalue weighted by atomic mass is 9.89. The molecule has 4 nitrogen and oxygen atoms in total. The molecule has 150 valence electrons. The summed E-state index contributed by atoms with van der Waals surface area (Å²) in [5.74, 6) is 1.38. The molecular formula is C22H34IN3O. The normalized spacial score (nSPS) is 23.1. The fraction of sp³-hybridized carbons (Fsp3) is 0.591. The summed E-state index contributed by atoms with van der Waals surface area (Å²) in [5.41, 5.74) is 2.88. The topological polar surface area (TPSA) is 45.7 Å². The van der Waals surface area contributed by atoms with Crippen molar-refractivity contribution in [2.75, 3.05) is 26.7 Å². The fourth-order valence-electron chi connectivity index (χ4n) is 3.99. The molecule has 0 radical (unpaired) electrons. The second-order valence-electron chi connectivity index (χ2n) is 7.34. The molecule has 2 aliphatic rings. The molecule has 0 spiro atoms. The van der Waals surface area contributed by atoms with Crippen molar-refractivity contribution in [1.82, 2.24) is 10.6 Å². The first kappa shape index (κ1) is 22.2. The van der Waals surface area contributed by atoms with E-state index in [1.165, 1.54) is 37.7 Å². The number of halogens is 1. The Hall–Kier alpha value is -1.08. The van der Waals surface area contributed by atoms with Crippen LogP contribution in [-0.2, 0) is 4.74 Å². The maximum Gasteiger partial charge on any atom is 0.190 e. The van der Waals surface area contributed by atoms with Gasteiger partial charge in [-0.25, -0.2) is 0 Å². The molecule has 0 aromatic heterocycles. The standard InChI is InChI=1S/C22H33N3O.HI/c1-23-22(24-15-14-18-9-4-2-5-10-18)25-17-20-13-8-16-26-21(20)19-11-6-3-7-12-19;/h3,6-7,9,11-12,20-21H,2,4-5,8,10,13-17H2,1H3,(H2,23,24,25);1H. The molecule has 2 unspecified atom stereocenters. The Morgan fingerprint density at radius 3 is 2.74 bits per heavy atom. The summed E-state index contributed by atoms with van der Waals surface area (Å²) in [7, 11) is 1.85. The van der Waals surface area contributed by atoms with Gasteiger partial charge in [-0.05, 0) is 50.5 Å². The molecule has 0 saturated carbocycles. The van der Waals surface area contributed by atoms with Crippen molar-refractivity contribution in [3.8, 4) is 0 Å². The summed E-state index contributed by atoms with van der Waals surface area (Å²) in [5, 5.41) is 6.98. The van der Waals surface area contributed by atoms with Crippen LogP contribution in [0.25, 0.3) is 0 Å². The molecule has 1 aromatic rings. The van der Waals surface area contributed by atoms with Gasteiger partial charge in [0.15, 0.2) is 5.96 Å². The number of aliphatic imine (C=N–C) groups is 1. The van der Waals surface area contributed by atoms with Crippen molar-refractivity contribution in [2.24, 2.45) is 10.9 Å². The summed E-state index contributed by atoms with van der Waals surface area (Å²) in [6, 6.07) is 10.6. The molecule has 5 heteroatoms. The molecule has 0 amide bonds. The van der Waals surface area contributed by atoms with Crippen molar-refractivity contribution < 1.29 is 4.74 Å². The Labute approximate surface area is 181 Å². The number of hydrogen-bond acceptors (Lipinski definition) is 2. The zero-order valence-electron chi connectivity index (χ0n) is 16.5. The van der Waals surface area contributed by atoms with E-state index in [1.54, 1.807) is 5.57 Å². The SMILES string of the molecule is CN=C(NCCC1=CCCCC1)NCC1CCCOC1c1ccccc1.I. The van der Waals surface area contributed by atoms with Gasteiger partial charge in [-0.1, -0.05) is 42.0 Å². The van der Waals surface area contributed by atoms with Crippen molar-refractivity contribution in [3.05, 3.63) is 47.5 Å². The minimum absolute atomic E-state index is 0.